The molecule has 1 fully saturated rings. The summed E-state index contributed by atoms with van der Waals surface area (Å²) in [5.74, 6) is -1.80. The maximum Gasteiger partial charge on any atom is 0.279 e. The van der Waals surface area contributed by atoms with Crippen molar-refractivity contribution in [3.8, 4) is 0 Å². The second-order valence-corrected chi connectivity index (χ2v) is 7.07. The van der Waals surface area contributed by atoms with E-state index in [4.69, 9.17) is 0 Å². The van der Waals surface area contributed by atoms with Crippen LogP contribution in [0.4, 0.5) is 8.78 Å². The number of nitrogens with zero attached hydrogens (tertiary/aromatic N) is 1. The minimum absolute atomic E-state index is 0.416. The van der Waals surface area contributed by atoms with Crippen molar-refractivity contribution in [2.24, 2.45) is 0 Å². The number of halogens is 2. The third-order valence-corrected chi connectivity index (χ3v) is 5.27. The van der Waals surface area contributed by atoms with Crippen molar-refractivity contribution in [1.29, 1.82) is 0 Å². The summed E-state index contributed by atoms with van der Waals surface area (Å²) >= 11 is 0. The van der Waals surface area contributed by atoms with Crippen LogP contribution < -0.4 is 4.72 Å². The molecule has 5 nitrogen and oxygen atoms in total. The van der Waals surface area contributed by atoms with Crippen LogP contribution in [0, 0.1) is 11.6 Å². The molecule has 0 bridgehead atoms. The lowest BCUT2D eigenvalue weighted by atomic mass is 10.1. The molecule has 0 saturated carbocycles. The van der Waals surface area contributed by atoms with Gasteiger partial charge in [0.05, 0.1) is 11.7 Å². The normalized spacial score (nSPS) is 18.9. The van der Waals surface area contributed by atoms with E-state index in [1.165, 1.54) is 10.4 Å². The van der Waals surface area contributed by atoms with E-state index >= 15 is 0 Å². The molecule has 2 rings (SSSR count). The first-order valence-electron chi connectivity index (χ1n) is 7.28. The number of nitrogens with one attached hydrogen (secondary N) is 1. The molecule has 0 aliphatic carbocycles. The van der Waals surface area contributed by atoms with Gasteiger partial charge in [0.25, 0.3) is 10.2 Å². The minimum Gasteiger partial charge on any atom is -0.387 e. The number of rotatable bonds is 5. The maximum atomic E-state index is 13.5. The zero-order chi connectivity index (χ0) is 16.2. The third kappa shape index (κ3) is 4.22. The molecule has 1 saturated heterocycles. The van der Waals surface area contributed by atoms with Crippen LogP contribution in [-0.2, 0) is 10.2 Å². The van der Waals surface area contributed by atoms with Crippen LogP contribution in [0.3, 0.4) is 0 Å². The molecule has 1 unspecified atom stereocenters. The lowest BCUT2D eigenvalue weighted by Gasteiger charge is -2.21. The van der Waals surface area contributed by atoms with Crippen molar-refractivity contribution in [3.63, 3.8) is 0 Å². The summed E-state index contributed by atoms with van der Waals surface area (Å²) in [6.07, 6.45) is 1.95. The summed E-state index contributed by atoms with van der Waals surface area (Å²) < 4.78 is 54.9. The van der Waals surface area contributed by atoms with Crippen LogP contribution in [-0.4, -0.2) is 37.5 Å². The summed E-state index contributed by atoms with van der Waals surface area (Å²) in [6, 6.07) is 3.22. The zero-order valence-electron chi connectivity index (χ0n) is 12.1. The van der Waals surface area contributed by atoms with Crippen LogP contribution >= 0.6 is 0 Å². The van der Waals surface area contributed by atoms with Gasteiger partial charge in [0.1, 0.15) is 11.6 Å². The molecule has 1 aromatic rings. The predicted octanol–water partition coefficient (Wildman–Crippen LogP) is 1.71. The zero-order valence-corrected chi connectivity index (χ0v) is 13.0. The molecule has 2 N–H and O–H groups in total. The standard InChI is InChI=1S/C14H20F2N2O3S/c15-11-6-5-7-12(16)14(11)13(19)10-17-22(20,21)18-8-3-1-2-4-9-18/h5-7,13,17,19H,1-4,8-10H2. The first kappa shape index (κ1) is 17.3. The van der Waals surface area contributed by atoms with E-state index in [0.717, 1.165) is 37.8 Å². The van der Waals surface area contributed by atoms with Crippen LogP contribution in [0.15, 0.2) is 18.2 Å². The van der Waals surface area contributed by atoms with Crippen molar-refractivity contribution in [3.05, 3.63) is 35.4 Å². The average Bonchev–Trinajstić information content (AvgIpc) is 2.74. The van der Waals surface area contributed by atoms with Crippen molar-refractivity contribution in [1.82, 2.24) is 9.03 Å². The Morgan fingerprint density at radius 1 is 1.14 bits per heavy atom. The molecule has 1 atom stereocenters. The van der Waals surface area contributed by atoms with E-state index < -0.39 is 40.1 Å². The summed E-state index contributed by atoms with van der Waals surface area (Å²) in [4.78, 5) is 0. The Bertz CT molecular complexity index is 582. The lowest BCUT2D eigenvalue weighted by Crippen LogP contribution is -2.42. The first-order valence-corrected chi connectivity index (χ1v) is 8.72. The highest BCUT2D eigenvalue weighted by molar-refractivity contribution is 7.87. The molecule has 1 aliphatic heterocycles. The van der Waals surface area contributed by atoms with Crippen molar-refractivity contribution in [2.75, 3.05) is 19.6 Å². The number of aliphatic hydroxyl groups excluding tert-OH is 1. The van der Waals surface area contributed by atoms with Gasteiger partial charge in [0.2, 0.25) is 0 Å². The van der Waals surface area contributed by atoms with Crippen molar-refractivity contribution >= 4 is 10.2 Å². The van der Waals surface area contributed by atoms with Gasteiger partial charge in [-0.2, -0.15) is 17.4 Å². The van der Waals surface area contributed by atoms with Crippen molar-refractivity contribution in [2.45, 2.75) is 31.8 Å². The second-order valence-electron chi connectivity index (χ2n) is 5.32. The van der Waals surface area contributed by atoms with Crippen LogP contribution in [0.5, 0.6) is 0 Å². The SMILES string of the molecule is O=S(=O)(NCC(O)c1c(F)cccc1F)N1CCCCCC1. The van der Waals surface area contributed by atoms with Crippen LogP contribution in [0.25, 0.3) is 0 Å². The van der Waals surface area contributed by atoms with Crippen LogP contribution in [0.2, 0.25) is 0 Å². The highest BCUT2D eigenvalue weighted by atomic mass is 32.2. The highest BCUT2D eigenvalue weighted by Crippen LogP contribution is 2.20. The molecule has 1 heterocycles. The predicted molar refractivity (Wildman–Crippen MR) is 78.3 cm³/mol. The number of hydrogen-bond acceptors (Lipinski definition) is 3. The van der Waals surface area contributed by atoms with E-state index in [9.17, 15) is 22.3 Å². The first-order chi connectivity index (χ1) is 10.4. The van der Waals surface area contributed by atoms with Gasteiger partial charge in [-0.3, -0.25) is 0 Å². The number of benzene rings is 1. The van der Waals surface area contributed by atoms with E-state index in [2.05, 4.69) is 4.72 Å². The van der Waals surface area contributed by atoms with Gasteiger partial charge in [-0.1, -0.05) is 18.9 Å². The molecule has 124 valence electrons. The van der Waals surface area contributed by atoms with E-state index in [0.29, 0.717) is 13.1 Å². The summed E-state index contributed by atoms with van der Waals surface area (Å²) in [7, 11) is -3.76. The molecule has 22 heavy (non-hydrogen) atoms. The number of hydrogen-bond donors (Lipinski definition) is 2. The van der Waals surface area contributed by atoms with Gasteiger partial charge in [-0.05, 0) is 25.0 Å². The Balaban J connectivity index is 2.02. The molecule has 1 aliphatic rings. The molecule has 0 aromatic heterocycles. The second kappa shape index (κ2) is 7.45. The molecule has 8 heteroatoms. The molecular formula is C14H20F2N2O3S. The van der Waals surface area contributed by atoms with Gasteiger partial charge in [0.15, 0.2) is 0 Å². The van der Waals surface area contributed by atoms with E-state index in [1.54, 1.807) is 0 Å². The molecular weight excluding hydrogens is 314 g/mol. The Morgan fingerprint density at radius 3 is 2.23 bits per heavy atom. The van der Waals surface area contributed by atoms with Gasteiger partial charge in [0, 0.05) is 19.6 Å². The quantitative estimate of drug-likeness (QED) is 0.861. The van der Waals surface area contributed by atoms with Gasteiger partial charge >= 0.3 is 0 Å². The summed E-state index contributed by atoms with van der Waals surface area (Å²) in [5, 5.41) is 9.87. The average molecular weight is 334 g/mol. The number of aliphatic hydroxyl groups is 1. The fourth-order valence-electron chi connectivity index (χ4n) is 2.49. The smallest absolute Gasteiger partial charge is 0.279 e. The molecule has 0 spiro atoms. The molecule has 0 amide bonds. The summed E-state index contributed by atoms with van der Waals surface area (Å²) in [6.45, 7) is 0.357. The molecule has 1 aromatic carbocycles. The Hall–Kier alpha value is -1.09. The molecule has 0 radical (unpaired) electrons. The van der Waals surface area contributed by atoms with Gasteiger partial charge in [-0.15, -0.1) is 0 Å². The largest absolute Gasteiger partial charge is 0.387 e. The third-order valence-electron chi connectivity index (χ3n) is 3.70. The topological polar surface area (TPSA) is 69.6 Å². The fourth-order valence-corrected chi connectivity index (χ4v) is 3.78. The Morgan fingerprint density at radius 2 is 1.68 bits per heavy atom. The van der Waals surface area contributed by atoms with Crippen molar-refractivity contribution < 1.29 is 22.3 Å². The minimum atomic E-state index is -3.76. The van der Waals surface area contributed by atoms with Crippen LogP contribution in [0.1, 0.15) is 37.4 Å². The fraction of sp³-hybridized carbons (Fsp3) is 0.571. The highest BCUT2D eigenvalue weighted by Gasteiger charge is 2.25. The Kier molecular flexibility index (Phi) is 5.85. The summed E-state index contributed by atoms with van der Waals surface area (Å²) in [5.41, 5.74) is -0.527. The van der Waals surface area contributed by atoms with Gasteiger partial charge < -0.3 is 5.11 Å². The maximum absolute atomic E-state index is 13.5. The monoisotopic (exact) mass is 334 g/mol. The van der Waals surface area contributed by atoms with E-state index in [1.807, 2.05) is 0 Å². The van der Waals surface area contributed by atoms with Gasteiger partial charge in [-0.25, -0.2) is 8.78 Å². The lowest BCUT2D eigenvalue weighted by molar-refractivity contribution is 0.171. The Labute approximate surface area is 129 Å². The van der Waals surface area contributed by atoms with E-state index in [-0.39, 0.29) is 0 Å².